The molecule has 0 saturated heterocycles. The van der Waals surface area contributed by atoms with Crippen LogP contribution in [0.1, 0.15) is 16.8 Å². The van der Waals surface area contributed by atoms with Crippen molar-refractivity contribution in [2.75, 3.05) is 0 Å². The molecule has 1 heterocycles. The molecule has 0 spiro atoms. The summed E-state index contributed by atoms with van der Waals surface area (Å²) in [5.41, 5.74) is -2.55. The normalized spacial score (nSPS) is 11.2. The molecule has 0 atom stereocenters. The van der Waals surface area contributed by atoms with Gasteiger partial charge in [-0.1, -0.05) is 0 Å². The molecular weight excluding hydrogens is 288 g/mol. The van der Waals surface area contributed by atoms with Crippen molar-refractivity contribution in [2.45, 2.75) is 13.1 Å². The lowest BCUT2D eigenvalue weighted by Gasteiger charge is -2.11. The highest BCUT2D eigenvalue weighted by Gasteiger charge is 2.31. The van der Waals surface area contributed by atoms with Gasteiger partial charge in [-0.15, -0.1) is 0 Å². The number of pyridine rings is 1. The SMILES string of the molecule is Cc1cc(-c2cc(C(F)(F)F)ccc2F)c(C#N)c(=O)[nH]1. The zero-order chi connectivity index (χ0) is 15.8. The van der Waals surface area contributed by atoms with Gasteiger partial charge in [-0.2, -0.15) is 18.4 Å². The number of benzene rings is 1. The Labute approximate surface area is 116 Å². The van der Waals surface area contributed by atoms with Gasteiger partial charge in [0.1, 0.15) is 17.4 Å². The van der Waals surface area contributed by atoms with Crippen LogP contribution in [0.25, 0.3) is 11.1 Å². The van der Waals surface area contributed by atoms with E-state index in [-0.39, 0.29) is 5.56 Å². The lowest BCUT2D eigenvalue weighted by atomic mass is 9.98. The maximum atomic E-state index is 13.8. The summed E-state index contributed by atoms with van der Waals surface area (Å²) in [6.07, 6.45) is -4.65. The fourth-order valence-electron chi connectivity index (χ4n) is 1.92. The summed E-state index contributed by atoms with van der Waals surface area (Å²) in [6, 6.07) is 4.70. The first-order valence-corrected chi connectivity index (χ1v) is 5.75. The van der Waals surface area contributed by atoms with E-state index in [1.165, 1.54) is 13.0 Å². The molecule has 2 rings (SSSR count). The van der Waals surface area contributed by atoms with Gasteiger partial charge in [-0.3, -0.25) is 4.79 Å². The number of nitrogens with zero attached hydrogens (tertiary/aromatic N) is 1. The molecule has 2 aromatic rings. The first kappa shape index (κ1) is 14.8. The third-order valence-electron chi connectivity index (χ3n) is 2.86. The number of halogens is 4. The number of nitriles is 1. The van der Waals surface area contributed by atoms with Crippen molar-refractivity contribution < 1.29 is 17.6 Å². The number of hydrogen-bond donors (Lipinski definition) is 1. The molecule has 0 bridgehead atoms. The highest BCUT2D eigenvalue weighted by molar-refractivity contribution is 5.71. The second kappa shape index (κ2) is 5.05. The van der Waals surface area contributed by atoms with Crippen LogP contribution in [0.5, 0.6) is 0 Å². The highest BCUT2D eigenvalue weighted by atomic mass is 19.4. The number of hydrogen-bond acceptors (Lipinski definition) is 2. The van der Waals surface area contributed by atoms with Crippen LogP contribution < -0.4 is 5.56 Å². The van der Waals surface area contributed by atoms with E-state index in [0.29, 0.717) is 23.9 Å². The number of aromatic amines is 1. The van der Waals surface area contributed by atoms with E-state index >= 15 is 0 Å². The average Bonchev–Trinajstić information content (AvgIpc) is 2.37. The summed E-state index contributed by atoms with van der Waals surface area (Å²) in [5, 5.41) is 8.96. The van der Waals surface area contributed by atoms with E-state index in [2.05, 4.69) is 4.98 Å². The van der Waals surface area contributed by atoms with Gasteiger partial charge in [0.15, 0.2) is 0 Å². The quantitative estimate of drug-likeness (QED) is 0.820. The second-order valence-corrected chi connectivity index (χ2v) is 4.37. The fourth-order valence-corrected chi connectivity index (χ4v) is 1.92. The predicted molar refractivity (Wildman–Crippen MR) is 66.9 cm³/mol. The Hall–Kier alpha value is -2.62. The molecule has 0 radical (unpaired) electrons. The minimum Gasteiger partial charge on any atom is -0.325 e. The average molecular weight is 296 g/mol. The third kappa shape index (κ3) is 2.79. The molecule has 21 heavy (non-hydrogen) atoms. The van der Waals surface area contributed by atoms with Crippen LogP contribution in [0.3, 0.4) is 0 Å². The molecule has 0 amide bonds. The second-order valence-electron chi connectivity index (χ2n) is 4.37. The van der Waals surface area contributed by atoms with E-state index in [0.717, 1.165) is 0 Å². The third-order valence-corrected chi connectivity index (χ3v) is 2.86. The molecule has 0 aliphatic carbocycles. The molecule has 0 fully saturated rings. The van der Waals surface area contributed by atoms with E-state index in [9.17, 15) is 22.4 Å². The van der Waals surface area contributed by atoms with Gasteiger partial charge in [0.2, 0.25) is 0 Å². The van der Waals surface area contributed by atoms with Gasteiger partial charge >= 0.3 is 6.18 Å². The molecule has 1 aromatic heterocycles. The van der Waals surface area contributed by atoms with Gasteiger partial charge in [-0.05, 0) is 31.2 Å². The summed E-state index contributed by atoms with van der Waals surface area (Å²) in [7, 11) is 0. The first-order valence-electron chi connectivity index (χ1n) is 5.75. The van der Waals surface area contributed by atoms with Crippen molar-refractivity contribution >= 4 is 0 Å². The van der Waals surface area contributed by atoms with Crippen LogP contribution in [0, 0.1) is 24.1 Å². The monoisotopic (exact) mass is 296 g/mol. The lowest BCUT2D eigenvalue weighted by molar-refractivity contribution is -0.137. The Bertz CT molecular complexity index is 800. The molecule has 0 aliphatic heterocycles. The minimum atomic E-state index is -4.65. The molecule has 0 unspecified atom stereocenters. The molecule has 1 aromatic carbocycles. The Morgan fingerprint density at radius 2 is 1.86 bits per heavy atom. The molecule has 1 N–H and O–H groups in total. The van der Waals surface area contributed by atoms with Crippen LogP contribution in [0.15, 0.2) is 29.1 Å². The van der Waals surface area contributed by atoms with E-state index in [4.69, 9.17) is 5.26 Å². The van der Waals surface area contributed by atoms with E-state index in [1.807, 2.05) is 0 Å². The van der Waals surface area contributed by atoms with Gasteiger partial charge in [0, 0.05) is 16.8 Å². The molecule has 0 aliphatic rings. The maximum Gasteiger partial charge on any atom is 0.416 e. The summed E-state index contributed by atoms with van der Waals surface area (Å²) >= 11 is 0. The molecule has 0 saturated carbocycles. The largest absolute Gasteiger partial charge is 0.416 e. The summed E-state index contributed by atoms with van der Waals surface area (Å²) in [4.78, 5) is 14.0. The van der Waals surface area contributed by atoms with Gasteiger partial charge in [0.05, 0.1) is 5.56 Å². The van der Waals surface area contributed by atoms with Crippen LogP contribution in [0.2, 0.25) is 0 Å². The zero-order valence-corrected chi connectivity index (χ0v) is 10.7. The van der Waals surface area contributed by atoms with Crippen molar-refractivity contribution in [3.63, 3.8) is 0 Å². The highest BCUT2D eigenvalue weighted by Crippen LogP contribution is 2.34. The van der Waals surface area contributed by atoms with Gasteiger partial charge in [-0.25, -0.2) is 4.39 Å². The summed E-state index contributed by atoms with van der Waals surface area (Å²) in [5.74, 6) is -0.940. The molecular formula is C14H8F4N2O. The van der Waals surface area contributed by atoms with Crippen molar-refractivity contribution in [2.24, 2.45) is 0 Å². The Morgan fingerprint density at radius 3 is 2.43 bits per heavy atom. The van der Waals surface area contributed by atoms with Crippen molar-refractivity contribution in [1.82, 2.24) is 4.98 Å². The van der Waals surface area contributed by atoms with Crippen molar-refractivity contribution in [3.05, 3.63) is 57.3 Å². The first-order chi connectivity index (χ1) is 9.74. The van der Waals surface area contributed by atoms with Crippen LogP contribution in [-0.4, -0.2) is 4.98 Å². The fraction of sp³-hybridized carbons (Fsp3) is 0.143. The van der Waals surface area contributed by atoms with Crippen molar-refractivity contribution in [1.29, 1.82) is 5.26 Å². The van der Waals surface area contributed by atoms with Crippen LogP contribution in [0.4, 0.5) is 17.6 Å². The van der Waals surface area contributed by atoms with E-state index in [1.54, 1.807) is 6.07 Å². The minimum absolute atomic E-state index is 0.164. The summed E-state index contributed by atoms with van der Waals surface area (Å²) < 4.78 is 51.9. The topological polar surface area (TPSA) is 56.6 Å². The predicted octanol–water partition coefficient (Wildman–Crippen LogP) is 3.38. The number of nitrogens with one attached hydrogen (secondary N) is 1. The molecule has 3 nitrogen and oxygen atoms in total. The van der Waals surface area contributed by atoms with Crippen LogP contribution in [-0.2, 0) is 6.18 Å². The number of rotatable bonds is 1. The lowest BCUT2D eigenvalue weighted by Crippen LogP contribution is -2.13. The Balaban J connectivity index is 2.79. The standard InChI is InChI=1S/C14H8F4N2O/c1-7-4-9(11(6-19)13(21)20-7)10-5-8(14(16,17)18)2-3-12(10)15/h2-5H,1H3,(H,20,21). The Kier molecular flexibility index (Phi) is 3.56. The van der Waals surface area contributed by atoms with Crippen LogP contribution >= 0.6 is 0 Å². The maximum absolute atomic E-state index is 13.8. The van der Waals surface area contributed by atoms with E-state index < -0.39 is 34.2 Å². The van der Waals surface area contributed by atoms with Crippen molar-refractivity contribution in [3.8, 4) is 17.2 Å². The molecule has 108 valence electrons. The smallest absolute Gasteiger partial charge is 0.325 e. The number of alkyl halides is 3. The molecule has 7 heteroatoms. The number of aryl methyl sites for hydroxylation is 1. The number of aromatic nitrogens is 1. The zero-order valence-electron chi connectivity index (χ0n) is 10.7. The summed E-state index contributed by atoms with van der Waals surface area (Å²) in [6.45, 7) is 1.48. The van der Waals surface area contributed by atoms with Gasteiger partial charge in [0.25, 0.3) is 5.56 Å². The Morgan fingerprint density at radius 1 is 1.19 bits per heavy atom. The van der Waals surface area contributed by atoms with Gasteiger partial charge < -0.3 is 4.98 Å². The number of H-pyrrole nitrogens is 1.